The minimum atomic E-state index is -0.539. The Labute approximate surface area is 144 Å². The van der Waals surface area contributed by atoms with Crippen LogP contribution in [0.15, 0.2) is 11.0 Å². The van der Waals surface area contributed by atoms with Crippen LogP contribution < -0.4 is 5.32 Å². The van der Waals surface area contributed by atoms with Gasteiger partial charge in [-0.1, -0.05) is 0 Å². The van der Waals surface area contributed by atoms with E-state index in [1.807, 2.05) is 0 Å². The van der Waals surface area contributed by atoms with Gasteiger partial charge in [0.1, 0.15) is 5.92 Å². The van der Waals surface area contributed by atoms with Gasteiger partial charge in [0.25, 0.3) is 5.91 Å². The summed E-state index contributed by atoms with van der Waals surface area (Å²) in [6.07, 6.45) is 1.64. The van der Waals surface area contributed by atoms with Crippen molar-refractivity contribution < 1.29 is 23.7 Å². The first kappa shape index (κ1) is 17.1. The van der Waals surface area contributed by atoms with Crippen molar-refractivity contribution in [3.8, 4) is 0 Å². The third-order valence-electron chi connectivity index (χ3n) is 4.34. The summed E-state index contributed by atoms with van der Waals surface area (Å²) < 4.78 is 6.72. The second kappa shape index (κ2) is 7.04. The Hall–Kier alpha value is -1.71. The van der Waals surface area contributed by atoms with Crippen molar-refractivity contribution in [3.05, 3.63) is 11.0 Å². The number of nitrogens with one attached hydrogen (secondary N) is 1. The van der Waals surface area contributed by atoms with Crippen molar-refractivity contribution in [2.24, 2.45) is 5.92 Å². The summed E-state index contributed by atoms with van der Waals surface area (Å²) in [5.41, 5.74) is 0. The first-order chi connectivity index (χ1) is 11.5. The number of ether oxygens (including phenoxy) is 1. The molecule has 1 unspecified atom stereocenters. The molecule has 1 saturated heterocycles. The lowest BCUT2D eigenvalue weighted by Crippen LogP contribution is -2.49. The maximum atomic E-state index is 12.3. The smallest absolute Gasteiger partial charge is 0.379 e. The number of urea groups is 1. The Balaban J connectivity index is 1.59. The van der Waals surface area contributed by atoms with Gasteiger partial charge in [0.2, 0.25) is 0 Å². The lowest BCUT2D eigenvalue weighted by molar-refractivity contribution is -0.403. The van der Waals surface area contributed by atoms with Crippen molar-refractivity contribution in [3.63, 3.8) is 0 Å². The molecule has 0 saturated carbocycles. The fraction of sp³-hybridized carbons (Fsp3) is 0.600. The topological polar surface area (TPSA) is 82.0 Å². The highest BCUT2D eigenvalue weighted by Crippen LogP contribution is 2.35. The van der Waals surface area contributed by atoms with E-state index in [0.29, 0.717) is 16.5 Å². The molecule has 0 aliphatic carbocycles. The summed E-state index contributed by atoms with van der Waals surface area (Å²) in [4.78, 5) is 40.3. The highest BCUT2D eigenvalue weighted by molar-refractivity contribution is 8.18. The number of imide groups is 1. The highest BCUT2D eigenvalue weighted by atomic mass is 32.2. The Morgan fingerprint density at radius 2 is 2.12 bits per heavy atom. The molecule has 3 aliphatic heterocycles. The molecule has 1 fully saturated rings. The molecule has 0 aromatic carbocycles. The highest BCUT2D eigenvalue weighted by Gasteiger charge is 2.48. The van der Waals surface area contributed by atoms with E-state index >= 15 is 0 Å². The van der Waals surface area contributed by atoms with Gasteiger partial charge in [-0.2, -0.15) is 14.3 Å². The third kappa shape index (κ3) is 3.24. The maximum absolute atomic E-state index is 12.3. The molecule has 24 heavy (non-hydrogen) atoms. The number of fused-ring (bicyclic) bond motifs is 1. The van der Waals surface area contributed by atoms with Crippen LogP contribution in [0.3, 0.4) is 0 Å². The summed E-state index contributed by atoms with van der Waals surface area (Å²) in [6.45, 7) is 4.52. The number of hydrogen-bond donors (Lipinski definition) is 1. The van der Waals surface area contributed by atoms with Gasteiger partial charge in [-0.25, -0.2) is 4.79 Å². The Bertz CT molecular complexity index is 639. The van der Waals surface area contributed by atoms with Crippen molar-refractivity contribution in [1.82, 2.24) is 15.1 Å². The van der Waals surface area contributed by atoms with Crippen LogP contribution in [0.25, 0.3) is 0 Å². The fourth-order valence-corrected chi connectivity index (χ4v) is 3.98. The van der Waals surface area contributed by atoms with Crippen LogP contribution >= 0.6 is 11.8 Å². The standard InChI is InChI=1S/C15H20N4O4S/c1-17-13(21)10-9-11(24-14(10)18(2)15(17)22)12(20)16-3-4-19-5-7-23-8-6-19/h9-10H,3-8H2,1-2H3/p+1. The van der Waals surface area contributed by atoms with E-state index < -0.39 is 5.92 Å². The average Bonchev–Trinajstić information content (AvgIpc) is 3.04. The largest absolute Gasteiger partial charge is 0.500 e. The SMILES string of the molecule is CN1C(=O)C2C=C(C(=O)NCCN3CCOCC3)SC2=[N+](C)C1=O. The molecule has 4 amide bonds. The van der Waals surface area contributed by atoms with Gasteiger partial charge in [0, 0.05) is 26.2 Å². The minimum absolute atomic E-state index is 0.202. The van der Waals surface area contributed by atoms with Crippen LogP contribution in [-0.2, 0) is 14.3 Å². The number of thioether (sulfide) groups is 1. The van der Waals surface area contributed by atoms with Crippen molar-refractivity contribution in [2.75, 3.05) is 53.5 Å². The van der Waals surface area contributed by atoms with E-state index in [9.17, 15) is 14.4 Å². The lowest BCUT2D eigenvalue weighted by Gasteiger charge is -2.26. The molecule has 1 N–H and O–H groups in total. The monoisotopic (exact) mass is 353 g/mol. The zero-order chi connectivity index (χ0) is 17.3. The molecule has 0 aromatic heterocycles. The molecule has 0 bridgehead atoms. The number of rotatable bonds is 4. The van der Waals surface area contributed by atoms with E-state index in [4.69, 9.17) is 4.74 Å². The molecule has 3 aliphatic rings. The number of carbonyl (C=O) groups excluding carboxylic acids is 3. The number of carbonyl (C=O) groups is 3. The average molecular weight is 353 g/mol. The van der Waals surface area contributed by atoms with Gasteiger partial charge in [-0.15, -0.1) is 0 Å². The van der Waals surface area contributed by atoms with Gasteiger partial charge < -0.3 is 10.1 Å². The fourth-order valence-electron chi connectivity index (χ4n) is 2.87. The maximum Gasteiger partial charge on any atom is 0.500 e. The van der Waals surface area contributed by atoms with Crippen LogP contribution in [0.4, 0.5) is 4.79 Å². The van der Waals surface area contributed by atoms with Crippen LogP contribution in [0.5, 0.6) is 0 Å². The van der Waals surface area contributed by atoms with E-state index in [2.05, 4.69) is 10.2 Å². The van der Waals surface area contributed by atoms with E-state index in [0.717, 1.165) is 37.7 Å². The Kier molecular flexibility index (Phi) is 5.02. The van der Waals surface area contributed by atoms with E-state index in [1.165, 1.54) is 23.4 Å². The number of hydrogen-bond acceptors (Lipinski definition) is 6. The summed E-state index contributed by atoms with van der Waals surface area (Å²) in [6, 6.07) is -0.374. The molecule has 9 heteroatoms. The molecule has 3 rings (SSSR count). The number of morpholine rings is 1. The molecular formula is C15H21N4O4S+. The molecule has 3 heterocycles. The van der Waals surface area contributed by atoms with Crippen molar-refractivity contribution >= 4 is 34.7 Å². The number of nitrogens with zero attached hydrogens (tertiary/aromatic N) is 3. The zero-order valence-corrected chi connectivity index (χ0v) is 14.6. The second-order valence-corrected chi connectivity index (χ2v) is 6.96. The molecule has 0 spiro atoms. The van der Waals surface area contributed by atoms with Crippen LogP contribution in [-0.4, -0.2) is 90.8 Å². The van der Waals surface area contributed by atoms with Crippen LogP contribution in [0.2, 0.25) is 0 Å². The Morgan fingerprint density at radius 1 is 1.42 bits per heavy atom. The van der Waals surface area contributed by atoms with E-state index in [1.54, 1.807) is 13.1 Å². The minimum Gasteiger partial charge on any atom is -0.379 e. The Morgan fingerprint density at radius 3 is 2.83 bits per heavy atom. The van der Waals surface area contributed by atoms with Crippen molar-refractivity contribution in [1.29, 1.82) is 0 Å². The summed E-state index contributed by atoms with van der Waals surface area (Å²) in [5.74, 6) is -1.04. The molecular weight excluding hydrogens is 332 g/mol. The van der Waals surface area contributed by atoms with Gasteiger partial charge in [-0.3, -0.25) is 9.69 Å². The zero-order valence-electron chi connectivity index (χ0n) is 13.8. The summed E-state index contributed by atoms with van der Waals surface area (Å²) in [5, 5.41) is 3.48. The predicted molar refractivity (Wildman–Crippen MR) is 88.8 cm³/mol. The van der Waals surface area contributed by atoms with Crippen LogP contribution in [0.1, 0.15) is 0 Å². The second-order valence-electron chi connectivity index (χ2n) is 5.90. The van der Waals surface area contributed by atoms with Gasteiger partial charge in [0.15, 0.2) is 5.04 Å². The molecule has 0 radical (unpaired) electrons. The normalized spacial score (nSPS) is 25.0. The summed E-state index contributed by atoms with van der Waals surface area (Å²) in [7, 11) is 3.07. The molecule has 8 nitrogen and oxygen atoms in total. The lowest BCUT2D eigenvalue weighted by atomic mass is 10.1. The molecule has 130 valence electrons. The third-order valence-corrected chi connectivity index (χ3v) is 5.62. The van der Waals surface area contributed by atoms with Gasteiger partial charge in [0.05, 0.1) is 32.2 Å². The van der Waals surface area contributed by atoms with E-state index in [-0.39, 0.29) is 17.8 Å². The summed E-state index contributed by atoms with van der Waals surface area (Å²) >= 11 is 1.20. The van der Waals surface area contributed by atoms with Gasteiger partial charge >= 0.3 is 11.9 Å². The molecule has 1 atom stereocenters. The molecule has 0 aromatic rings. The first-order valence-electron chi connectivity index (χ1n) is 7.89. The predicted octanol–water partition coefficient (Wildman–Crippen LogP) is -0.685. The van der Waals surface area contributed by atoms with Crippen molar-refractivity contribution in [2.45, 2.75) is 0 Å². The quantitative estimate of drug-likeness (QED) is 0.674. The number of amides is 4. The first-order valence-corrected chi connectivity index (χ1v) is 8.70. The van der Waals surface area contributed by atoms with Gasteiger partial charge in [-0.05, 0) is 17.8 Å². The van der Waals surface area contributed by atoms with Crippen LogP contribution in [0, 0.1) is 5.92 Å².